The highest BCUT2D eigenvalue weighted by Gasteiger charge is 2.40. The van der Waals surface area contributed by atoms with E-state index in [2.05, 4.69) is 5.32 Å². The van der Waals surface area contributed by atoms with Gasteiger partial charge in [-0.1, -0.05) is 49.7 Å². The van der Waals surface area contributed by atoms with E-state index in [1.54, 1.807) is 36.4 Å². The van der Waals surface area contributed by atoms with Crippen molar-refractivity contribution in [2.75, 3.05) is 6.54 Å². The van der Waals surface area contributed by atoms with Gasteiger partial charge in [0, 0.05) is 30.6 Å². The number of nitrogens with zero attached hydrogens (tertiary/aromatic N) is 2. The fraction of sp³-hybridized carbons (Fsp3) is 0.423. The molecule has 2 aromatic rings. The molecule has 0 bridgehead atoms. The normalized spacial score (nSPS) is 15.8. The number of nitrogens with one attached hydrogen (secondary N) is 1. The Hall–Kier alpha value is -2.91. The Kier molecular flexibility index (Phi) is 9.13. The van der Waals surface area contributed by atoms with Crippen molar-refractivity contribution < 1.29 is 22.8 Å². The monoisotopic (exact) mass is 533 g/mol. The third-order valence-corrected chi connectivity index (χ3v) is 8.41. The largest absolute Gasteiger partial charge is 0.352 e. The highest BCUT2D eigenvalue weighted by Crippen LogP contribution is 2.30. The number of hydrogen-bond donors (Lipinski definition) is 1. The molecule has 0 aliphatic carbocycles. The van der Waals surface area contributed by atoms with Crippen molar-refractivity contribution >= 4 is 39.3 Å². The summed E-state index contributed by atoms with van der Waals surface area (Å²) in [4.78, 5) is 40.6. The predicted molar refractivity (Wildman–Crippen MR) is 138 cm³/mol. The SMILES string of the molecule is CC[C@H](C)NC(=O)[C@H](CC)N(Cc1ccc(Cl)cc1)C(=O)CCCN1C(=O)c2ccccc2S1(=O)=O. The van der Waals surface area contributed by atoms with Crippen molar-refractivity contribution in [2.45, 2.75) is 70.0 Å². The lowest BCUT2D eigenvalue weighted by molar-refractivity contribution is -0.141. The van der Waals surface area contributed by atoms with Crippen LogP contribution in [0.4, 0.5) is 0 Å². The Morgan fingerprint density at radius 3 is 2.33 bits per heavy atom. The quantitative estimate of drug-likeness (QED) is 0.470. The molecule has 8 nitrogen and oxygen atoms in total. The summed E-state index contributed by atoms with van der Waals surface area (Å²) in [6.45, 7) is 5.80. The van der Waals surface area contributed by atoms with E-state index in [0.717, 1.165) is 16.3 Å². The van der Waals surface area contributed by atoms with Gasteiger partial charge in [0.2, 0.25) is 11.8 Å². The Morgan fingerprint density at radius 2 is 1.72 bits per heavy atom. The van der Waals surface area contributed by atoms with Crippen LogP contribution in [0.3, 0.4) is 0 Å². The maximum absolute atomic E-state index is 13.4. The average Bonchev–Trinajstić information content (AvgIpc) is 3.05. The van der Waals surface area contributed by atoms with Crippen molar-refractivity contribution in [2.24, 2.45) is 0 Å². The van der Waals surface area contributed by atoms with Crippen LogP contribution in [0.5, 0.6) is 0 Å². The minimum absolute atomic E-state index is 0.0153. The van der Waals surface area contributed by atoms with Crippen LogP contribution in [0.25, 0.3) is 0 Å². The van der Waals surface area contributed by atoms with Crippen LogP contribution in [0.2, 0.25) is 5.02 Å². The van der Waals surface area contributed by atoms with Gasteiger partial charge in [-0.25, -0.2) is 12.7 Å². The lowest BCUT2D eigenvalue weighted by Crippen LogP contribution is -2.50. The molecule has 36 heavy (non-hydrogen) atoms. The number of sulfonamides is 1. The second-order valence-corrected chi connectivity index (χ2v) is 11.1. The van der Waals surface area contributed by atoms with Gasteiger partial charge in [0.25, 0.3) is 15.9 Å². The van der Waals surface area contributed by atoms with E-state index < -0.39 is 22.0 Å². The van der Waals surface area contributed by atoms with Gasteiger partial charge in [0.1, 0.15) is 10.9 Å². The van der Waals surface area contributed by atoms with Gasteiger partial charge in [-0.05, 0) is 56.0 Å². The molecule has 194 valence electrons. The third-order valence-electron chi connectivity index (χ3n) is 6.32. The van der Waals surface area contributed by atoms with Crippen LogP contribution in [-0.2, 0) is 26.2 Å². The van der Waals surface area contributed by atoms with Gasteiger partial charge < -0.3 is 10.2 Å². The zero-order chi connectivity index (χ0) is 26.5. The van der Waals surface area contributed by atoms with Crippen LogP contribution >= 0.6 is 11.6 Å². The van der Waals surface area contributed by atoms with Crippen molar-refractivity contribution in [3.05, 3.63) is 64.7 Å². The molecular formula is C26H32ClN3O5S. The van der Waals surface area contributed by atoms with Gasteiger partial charge in [0.05, 0.1) is 5.56 Å². The molecule has 10 heteroatoms. The number of halogens is 1. The summed E-state index contributed by atoms with van der Waals surface area (Å²) in [7, 11) is -3.93. The fourth-order valence-electron chi connectivity index (χ4n) is 4.12. The van der Waals surface area contributed by atoms with E-state index in [0.29, 0.717) is 11.4 Å². The molecule has 0 fully saturated rings. The lowest BCUT2D eigenvalue weighted by Gasteiger charge is -2.31. The van der Waals surface area contributed by atoms with Crippen molar-refractivity contribution in [1.82, 2.24) is 14.5 Å². The Labute approximate surface area is 217 Å². The maximum atomic E-state index is 13.4. The van der Waals surface area contributed by atoms with Crippen LogP contribution in [-0.4, -0.2) is 54.0 Å². The highest BCUT2D eigenvalue weighted by atomic mass is 35.5. The van der Waals surface area contributed by atoms with Gasteiger partial charge in [-0.15, -0.1) is 0 Å². The number of carbonyl (C=O) groups is 3. The second-order valence-electron chi connectivity index (χ2n) is 8.87. The van der Waals surface area contributed by atoms with E-state index in [1.807, 2.05) is 20.8 Å². The molecule has 0 saturated carbocycles. The summed E-state index contributed by atoms with van der Waals surface area (Å²) in [5.41, 5.74) is 0.955. The van der Waals surface area contributed by atoms with Gasteiger partial charge in [0.15, 0.2) is 0 Å². The maximum Gasteiger partial charge on any atom is 0.269 e. The molecule has 2 atom stereocenters. The number of carbonyl (C=O) groups excluding carboxylic acids is 3. The van der Waals surface area contributed by atoms with Crippen LogP contribution in [0, 0.1) is 0 Å². The van der Waals surface area contributed by atoms with E-state index >= 15 is 0 Å². The average molecular weight is 534 g/mol. The Morgan fingerprint density at radius 1 is 1.06 bits per heavy atom. The minimum Gasteiger partial charge on any atom is -0.352 e. The first-order valence-corrected chi connectivity index (χ1v) is 13.9. The lowest BCUT2D eigenvalue weighted by atomic mass is 10.1. The molecule has 1 N–H and O–H groups in total. The van der Waals surface area contributed by atoms with Crippen LogP contribution in [0.1, 0.15) is 62.4 Å². The standard InChI is InChI=1S/C26H32ClN3O5S/c1-4-18(3)28-25(32)22(5-2)29(17-19-12-14-20(27)15-13-19)24(31)11-8-16-30-26(33)21-9-6-7-10-23(21)36(30,34)35/h6-7,9-10,12-15,18,22H,4-5,8,11,16-17H2,1-3H3,(H,28,32)/t18-,22-/m0/s1. The number of rotatable bonds is 11. The zero-order valence-electron chi connectivity index (χ0n) is 20.7. The molecule has 1 aliphatic heterocycles. The first kappa shape index (κ1) is 27.7. The molecule has 0 radical (unpaired) electrons. The molecule has 3 rings (SSSR count). The van der Waals surface area contributed by atoms with Crippen LogP contribution in [0.15, 0.2) is 53.4 Å². The summed E-state index contributed by atoms with van der Waals surface area (Å²) in [5, 5.41) is 3.52. The Balaban J connectivity index is 1.74. The first-order chi connectivity index (χ1) is 17.1. The first-order valence-electron chi connectivity index (χ1n) is 12.1. The zero-order valence-corrected chi connectivity index (χ0v) is 22.3. The molecule has 3 amide bonds. The van der Waals surface area contributed by atoms with E-state index in [9.17, 15) is 22.8 Å². The van der Waals surface area contributed by atoms with Gasteiger partial charge in [-0.2, -0.15) is 0 Å². The molecule has 1 aliphatic rings. The molecule has 0 unspecified atom stereocenters. The summed E-state index contributed by atoms with van der Waals surface area (Å²) in [6, 6.07) is 12.4. The number of hydrogen-bond acceptors (Lipinski definition) is 5. The van der Waals surface area contributed by atoms with E-state index in [-0.39, 0.29) is 54.2 Å². The van der Waals surface area contributed by atoms with Crippen molar-refractivity contribution in [3.63, 3.8) is 0 Å². The van der Waals surface area contributed by atoms with Crippen molar-refractivity contribution in [3.8, 4) is 0 Å². The smallest absolute Gasteiger partial charge is 0.269 e. The van der Waals surface area contributed by atoms with Gasteiger partial charge in [-0.3, -0.25) is 14.4 Å². The minimum atomic E-state index is -3.93. The fourth-order valence-corrected chi connectivity index (χ4v) is 5.85. The Bertz CT molecular complexity index is 1220. The molecule has 1 heterocycles. The summed E-state index contributed by atoms with van der Waals surface area (Å²) >= 11 is 6.00. The number of benzene rings is 2. The molecule has 2 aromatic carbocycles. The molecule has 0 spiro atoms. The molecule has 0 aromatic heterocycles. The van der Waals surface area contributed by atoms with Crippen molar-refractivity contribution in [1.29, 1.82) is 0 Å². The third kappa shape index (κ3) is 6.07. The predicted octanol–water partition coefficient (Wildman–Crippen LogP) is 3.99. The van der Waals surface area contributed by atoms with E-state index in [1.165, 1.54) is 17.0 Å². The summed E-state index contributed by atoms with van der Waals surface area (Å²) < 4.78 is 26.4. The van der Waals surface area contributed by atoms with Gasteiger partial charge >= 0.3 is 0 Å². The number of amides is 3. The van der Waals surface area contributed by atoms with E-state index in [4.69, 9.17) is 11.6 Å². The topological polar surface area (TPSA) is 104 Å². The summed E-state index contributed by atoms with van der Waals surface area (Å²) in [6.07, 6.45) is 1.29. The van der Waals surface area contributed by atoms with Crippen LogP contribution < -0.4 is 5.32 Å². The molecular weight excluding hydrogens is 502 g/mol. The summed E-state index contributed by atoms with van der Waals surface area (Å²) in [5.74, 6) is -1.12. The number of fused-ring (bicyclic) bond motifs is 1. The highest BCUT2D eigenvalue weighted by molar-refractivity contribution is 7.90. The second kappa shape index (κ2) is 11.9. The molecule has 0 saturated heterocycles.